The van der Waals surface area contributed by atoms with E-state index in [0.29, 0.717) is 11.4 Å². The maximum atomic E-state index is 6.03. The second kappa shape index (κ2) is 8.97. The van der Waals surface area contributed by atoms with Crippen LogP contribution in [0.5, 0.6) is 0 Å². The van der Waals surface area contributed by atoms with Crippen molar-refractivity contribution < 1.29 is 0 Å². The van der Waals surface area contributed by atoms with E-state index < -0.39 is 0 Å². The molecule has 0 fully saturated rings. The van der Waals surface area contributed by atoms with Crippen LogP contribution in [0.25, 0.3) is 0 Å². The number of aliphatic imine (C=N–C) groups is 1. The maximum Gasteiger partial charge on any atom is 0.223 e. The van der Waals surface area contributed by atoms with E-state index >= 15 is 0 Å². The van der Waals surface area contributed by atoms with E-state index in [1.165, 1.54) is 0 Å². The number of hydrogen-bond acceptors (Lipinski definition) is 3. The van der Waals surface area contributed by atoms with Crippen LogP contribution in [0, 0.1) is 11.8 Å². The van der Waals surface area contributed by atoms with Crippen molar-refractivity contribution in [1.82, 2.24) is 9.97 Å². The fourth-order valence-corrected chi connectivity index (χ4v) is 2.92. The molecular weight excluding hydrogens is 378 g/mol. The molecule has 0 N–H and O–H groups in total. The van der Waals surface area contributed by atoms with Gasteiger partial charge in [-0.05, 0) is 29.7 Å². The van der Waals surface area contributed by atoms with Gasteiger partial charge in [-0.2, -0.15) is 0 Å². The molecule has 0 aliphatic carbocycles. The first-order chi connectivity index (χ1) is 14.3. The molecule has 4 rings (SSSR count). The first kappa shape index (κ1) is 18.6. The first-order valence-corrected chi connectivity index (χ1v) is 9.46. The van der Waals surface area contributed by atoms with Crippen molar-refractivity contribution in [1.29, 1.82) is 0 Å². The molecule has 0 spiro atoms. The Morgan fingerprint density at radius 3 is 1.86 bits per heavy atom. The average molecular weight is 394 g/mol. The first-order valence-electron chi connectivity index (χ1n) is 9.09. The van der Waals surface area contributed by atoms with Gasteiger partial charge in [0, 0.05) is 16.7 Å². The van der Waals surface area contributed by atoms with Gasteiger partial charge >= 0.3 is 0 Å². The Hall–Kier alpha value is -3.74. The molecule has 0 aliphatic heterocycles. The van der Waals surface area contributed by atoms with Gasteiger partial charge in [-0.25, -0.2) is 15.0 Å². The van der Waals surface area contributed by atoms with Crippen molar-refractivity contribution in [3.05, 3.63) is 125 Å². The number of rotatable bonds is 3. The minimum atomic E-state index is 0.141. The van der Waals surface area contributed by atoms with Gasteiger partial charge in [-0.3, -0.25) is 0 Å². The highest BCUT2D eigenvalue weighted by atomic mass is 35.5. The average Bonchev–Trinajstić information content (AvgIpc) is 2.79. The van der Waals surface area contributed by atoms with Gasteiger partial charge in [0.25, 0.3) is 0 Å². The molecule has 0 saturated heterocycles. The molecule has 1 heterocycles. The zero-order valence-corrected chi connectivity index (χ0v) is 16.2. The number of benzene rings is 3. The number of nitrogens with zero attached hydrogens (tertiary/aromatic N) is 3. The molecule has 0 amide bonds. The zero-order chi connectivity index (χ0) is 19.9. The number of halogens is 1. The van der Waals surface area contributed by atoms with E-state index in [1.807, 2.05) is 91.0 Å². The summed E-state index contributed by atoms with van der Waals surface area (Å²) in [5.41, 5.74) is 4.76. The lowest BCUT2D eigenvalue weighted by atomic mass is 10.0. The van der Waals surface area contributed by atoms with Gasteiger partial charge in [-0.15, -0.1) is 0 Å². The molecule has 3 nitrogen and oxygen atoms in total. The molecule has 0 aliphatic rings. The summed E-state index contributed by atoms with van der Waals surface area (Å²) in [6.07, 6.45) is 1.61. The fourth-order valence-electron chi connectivity index (χ4n) is 2.79. The summed E-state index contributed by atoms with van der Waals surface area (Å²) in [5, 5.41) is 0.141. The van der Waals surface area contributed by atoms with E-state index in [9.17, 15) is 0 Å². The summed E-state index contributed by atoms with van der Waals surface area (Å²) in [6, 6.07) is 29.7. The highest BCUT2D eigenvalue weighted by Crippen LogP contribution is 2.21. The van der Waals surface area contributed by atoms with E-state index in [0.717, 1.165) is 22.4 Å². The van der Waals surface area contributed by atoms with Crippen molar-refractivity contribution in [2.24, 2.45) is 4.99 Å². The SMILES string of the molecule is Clc1ncc(N=C(c2ccccc2)c2ccccc2)c(C#Cc2ccccc2)n1. The van der Waals surface area contributed by atoms with Gasteiger partial charge in [0.05, 0.1) is 11.9 Å². The monoisotopic (exact) mass is 393 g/mol. The lowest BCUT2D eigenvalue weighted by molar-refractivity contribution is 1.14. The predicted molar refractivity (Wildman–Crippen MR) is 118 cm³/mol. The molecule has 0 radical (unpaired) electrons. The van der Waals surface area contributed by atoms with Crippen LogP contribution in [0.3, 0.4) is 0 Å². The Bertz CT molecular complexity index is 1150. The smallest absolute Gasteiger partial charge is 0.223 e. The maximum absolute atomic E-state index is 6.03. The van der Waals surface area contributed by atoms with E-state index in [1.54, 1.807) is 6.20 Å². The second-order valence-electron chi connectivity index (χ2n) is 6.18. The minimum Gasteiger partial charge on any atom is -0.243 e. The third kappa shape index (κ3) is 4.76. The molecule has 4 heteroatoms. The van der Waals surface area contributed by atoms with Gasteiger partial charge in [0.15, 0.2) is 0 Å². The predicted octanol–water partition coefficient (Wildman–Crippen LogP) is 5.70. The van der Waals surface area contributed by atoms with Crippen molar-refractivity contribution in [2.75, 3.05) is 0 Å². The Morgan fingerprint density at radius 2 is 1.28 bits per heavy atom. The summed E-state index contributed by atoms with van der Waals surface area (Å²) in [7, 11) is 0. The standard InChI is InChI=1S/C25H16ClN3/c26-25-27-18-23(22(29-25)17-16-19-10-4-1-5-11-19)28-24(20-12-6-2-7-13-20)21-14-8-3-9-15-21/h1-15,18H. The quantitative estimate of drug-likeness (QED) is 0.254. The summed E-state index contributed by atoms with van der Waals surface area (Å²) < 4.78 is 0. The van der Waals surface area contributed by atoms with Gasteiger partial charge in [0.2, 0.25) is 5.28 Å². The largest absolute Gasteiger partial charge is 0.243 e. The van der Waals surface area contributed by atoms with Crippen LogP contribution in [0.1, 0.15) is 22.4 Å². The van der Waals surface area contributed by atoms with Gasteiger partial charge in [0.1, 0.15) is 11.4 Å². The Balaban J connectivity index is 1.84. The molecule has 1 aromatic heterocycles. The van der Waals surface area contributed by atoms with Gasteiger partial charge in [-0.1, -0.05) is 84.8 Å². The minimum absolute atomic E-state index is 0.141. The highest BCUT2D eigenvalue weighted by Gasteiger charge is 2.10. The molecule has 138 valence electrons. The molecule has 0 unspecified atom stereocenters. The molecule has 0 bridgehead atoms. The number of aromatic nitrogens is 2. The number of hydrogen-bond donors (Lipinski definition) is 0. The summed E-state index contributed by atoms with van der Waals surface area (Å²) in [4.78, 5) is 13.3. The van der Waals surface area contributed by atoms with E-state index in [4.69, 9.17) is 16.6 Å². The summed E-state index contributed by atoms with van der Waals surface area (Å²) in [6.45, 7) is 0. The van der Waals surface area contributed by atoms with Crippen LogP contribution >= 0.6 is 11.6 Å². The van der Waals surface area contributed by atoms with Crippen molar-refractivity contribution >= 4 is 23.0 Å². The topological polar surface area (TPSA) is 38.1 Å². The van der Waals surface area contributed by atoms with Crippen molar-refractivity contribution in [3.63, 3.8) is 0 Å². The highest BCUT2D eigenvalue weighted by molar-refractivity contribution is 6.28. The normalized spacial score (nSPS) is 9.97. The second-order valence-corrected chi connectivity index (χ2v) is 6.52. The molecule has 29 heavy (non-hydrogen) atoms. The van der Waals surface area contributed by atoms with Crippen LogP contribution in [-0.4, -0.2) is 15.7 Å². The Kier molecular flexibility index (Phi) is 5.76. The van der Waals surface area contributed by atoms with Gasteiger partial charge < -0.3 is 0 Å². The van der Waals surface area contributed by atoms with Crippen LogP contribution in [-0.2, 0) is 0 Å². The Labute approximate surface area is 174 Å². The lowest BCUT2D eigenvalue weighted by Gasteiger charge is -2.08. The molecule has 3 aromatic carbocycles. The van der Waals surface area contributed by atoms with Crippen LogP contribution in [0.4, 0.5) is 5.69 Å². The van der Waals surface area contributed by atoms with Crippen LogP contribution < -0.4 is 0 Å². The van der Waals surface area contributed by atoms with Crippen molar-refractivity contribution in [3.8, 4) is 11.8 Å². The zero-order valence-electron chi connectivity index (χ0n) is 15.5. The van der Waals surface area contributed by atoms with Crippen LogP contribution in [0.15, 0.2) is 102 Å². The molecular formula is C25H16ClN3. The third-order valence-corrected chi connectivity index (χ3v) is 4.35. The Morgan fingerprint density at radius 1 is 0.724 bits per heavy atom. The van der Waals surface area contributed by atoms with E-state index in [-0.39, 0.29) is 5.28 Å². The lowest BCUT2D eigenvalue weighted by Crippen LogP contribution is -2.03. The molecule has 4 aromatic rings. The van der Waals surface area contributed by atoms with Crippen LogP contribution in [0.2, 0.25) is 5.28 Å². The summed E-state index contributed by atoms with van der Waals surface area (Å²) >= 11 is 6.03. The molecule has 0 atom stereocenters. The molecule has 0 saturated carbocycles. The summed E-state index contributed by atoms with van der Waals surface area (Å²) in [5.74, 6) is 6.20. The van der Waals surface area contributed by atoms with Crippen molar-refractivity contribution in [2.45, 2.75) is 0 Å². The van der Waals surface area contributed by atoms with E-state index in [2.05, 4.69) is 21.8 Å². The third-order valence-electron chi connectivity index (χ3n) is 4.17. The fraction of sp³-hybridized carbons (Fsp3) is 0.